The molecule has 0 saturated heterocycles. The second-order valence-corrected chi connectivity index (χ2v) is 3.78. The van der Waals surface area contributed by atoms with Gasteiger partial charge in [-0.3, -0.25) is 4.79 Å². The van der Waals surface area contributed by atoms with E-state index in [2.05, 4.69) is 6.92 Å². The van der Waals surface area contributed by atoms with Gasteiger partial charge in [-0.2, -0.15) is 0 Å². The van der Waals surface area contributed by atoms with Gasteiger partial charge in [0.1, 0.15) is 12.1 Å². The summed E-state index contributed by atoms with van der Waals surface area (Å²) in [6.07, 6.45) is 9.92. The predicted molar refractivity (Wildman–Crippen MR) is 66.8 cm³/mol. The summed E-state index contributed by atoms with van der Waals surface area (Å²) in [4.78, 5) is 20.9. The molecule has 0 aliphatic rings. The van der Waals surface area contributed by atoms with E-state index in [4.69, 9.17) is 0 Å². The van der Waals surface area contributed by atoms with Crippen molar-refractivity contribution >= 4 is 49.8 Å². The van der Waals surface area contributed by atoms with Crippen molar-refractivity contribution in [2.24, 2.45) is 0 Å². The van der Waals surface area contributed by atoms with Crippen molar-refractivity contribution in [2.45, 2.75) is 64.7 Å². The van der Waals surface area contributed by atoms with E-state index in [-0.39, 0.29) is 49.9 Å². The van der Waals surface area contributed by atoms with Crippen molar-refractivity contribution in [3.63, 3.8) is 0 Å². The zero-order valence-electron chi connectivity index (χ0n) is 9.26. The van der Waals surface area contributed by atoms with E-state index in [0.29, 0.717) is 12.7 Å². The molecule has 15 heavy (non-hydrogen) atoms. The Hall–Kier alpha value is 0.600. The number of hydrogen-bond acceptors (Lipinski definition) is 2. The van der Waals surface area contributed by atoms with E-state index >= 15 is 0 Å². The predicted octanol–water partition coefficient (Wildman–Crippen LogP) is 2.37. The Kier molecular flexibility index (Phi) is 17.5. The second kappa shape index (κ2) is 14.6. The number of ketones is 1. The van der Waals surface area contributed by atoms with Gasteiger partial charge in [0.05, 0.1) is 6.42 Å². The monoisotopic (exact) mass is 240 g/mol. The summed E-state index contributed by atoms with van der Waals surface area (Å²) in [6, 6.07) is 0. The van der Waals surface area contributed by atoms with Crippen molar-refractivity contribution < 1.29 is 9.59 Å². The van der Waals surface area contributed by atoms with Crippen LogP contribution in [0, 0.1) is 0 Å². The standard InChI is InChI=1S/C12H22O2.Ca.2H/c1-2-3-4-5-6-7-8-9-12(14)10-11-13;;;/h11H,2-10H2,1H3;;;. The van der Waals surface area contributed by atoms with Crippen molar-refractivity contribution in [1.29, 1.82) is 0 Å². The molecule has 0 heterocycles. The fourth-order valence-electron chi connectivity index (χ4n) is 1.47. The van der Waals surface area contributed by atoms with Crippen LogP contribution in [0.2, 0.25) is 0 Å². The Balaban J connectivity index is 0. The molecule has 0 aromatic heterocycles. The molecule has 0 atom stereocenters. The van der Waals surface area contributed by atoms with Gasteiger partial charge in [-0.15, -0.1) is 0 Å². The SMILES string of the molecule is CCCCCCCCCC(=O)CC=O.[CaH2]. The average Bonchev–Trinajstić information content (AvgIpc) is 2.17. The fraction of sp³-hybridized carbons (Fsp3) is 0.833. The van der Waals surface area contributed by atoms with Gasteiger partial charge in [0.25, 0.3) is 0 Å². The fourth-order valence-corrected chi connectivity index (χ4v) is 1.47. The van der Waals surface area contributed by atoms with Crippen molar-refractivity contribution in [3.05, 3.63) is 0 Å². The molecule has 0 rings (SSSR count). The molecule has 0 bridgehead atoms. The Morgan fingerprint density at radius 1 is 1.00 bits per heavy atom. The molecule has 86 valence electrons. The van der Waals surface area contributed by atoms with E-state index in [1.165, 1.54) is 32.1 Å². The number of carbonyl (C=O) groups excluding carboxylic acids is 2. The molecule has 0 spiro atoms. The maximum atomic E-state index is 10.9. The van der Waals surface area contributed by atoms with Gasteiger partial charge in [-0.1, -0.05) is 45.4 Å². The van der Waals surface area contributed by atoms with Gasteiger partial charge in [-0.25, -0.2) is 0 Å². The summed E-state index contributed by atoms with van der Waals surface area (Å²) < 4.78 is 0. The third kappa shape index (κ3) is 14.6. The number of unbranched alkanes of at least 4 members (excludes halogenated alkanes) is 6. The van der Waals surface area contributed by atoms with Crippen LogP contribution in [0.4, 0.5) is 0 Å². The van der Waals surface area contributed by atoms with Gasteiger partial charge in [0, 0.05) is 6.42 Å². The third-order valence-electron chi connectivity index (χ3n) is 2.37. The number of carbonyl (C=O) groups is 2. The molecular weight excluding hydrogens is 216 g/mol. The molecule has 0 aromatic carbocycles. The first-order valence-electron chi connectivity index (χ1n) is 5.76. The quantitative estimate of drug-likeness (QED) is 0.254. The summed E-state index contributed by atoms with van der Waals surface area (Å²) in [5, 5.41) is 0. The van der Waals surface area contributed by atoms with Gasteiger partial charge in [-0.05, 0) is 6.42 Å². The van der Waals surface area contributed by atoms with Gasteiger partial charge in [0.15, 0.2) is 0 Å². The van der Waals surface area contributed by atoms with Crippen LogP contribution in [0.15, 0.2) is 0 Å². The molecular formula is C12H24CaO2. The van der Waals surface area contributed by atoms with Crippen LogP contribution in [0.1, 0.15) is 64.7 Å². The van der Waals surface area contributed by atoms with Crippen LogP contribution in [0.25, 0.3) is 0 Å². The maximum absolute atomic E-state index is 10.9. The Morgan fingerprint density at radius 2 is 1.53 bits per heavy atom. The van der Waals surface area contributed by atoms with Crippen LogP contribution < -0.4 is 0 Å². The van der Waals surface area contributed by atoms with Crippen molar-refractivity contribution in [2.75, 3.05) is 0 Å². The molecule has 0 amide bonds. The van der Waals surface area contributed by atoms with Crippen LogP contribution >= 0.6 is 0 Å². The summed E-state index contributed by atoms with van der Waals surface area (Å²) in [5.41, 5.74) is 0. The first-order chi connectivity index (χ1) is 6.81. The summed E-state index contributed by atoms with van der Waals surface area (Å²) in [6.45, 7) is 2.21. The van der Waals surface area contributed by atoms with Crippen molar-refractivity contribution in [3.8, 4) is 0 Å². The summed E-state index contributed by atoms with van der Waals surface area (Å²) in [5.74, 6) is 0.0913. The van der Waals surface area contributed by atoms with E-state index in [1.807, 2.05) is 0 Å². The van der Waals surface area contributed by atoms with E-state index in [1.54, 1.807) is 0 Å². The molecule has 0 N–H and O–H groups in total. The second-order valence-electron chi connectivity index (χ2n) is 3.78. The molecule has 0 aromatic rings. The first kappa shape index (κ1) is 18.0. The van der Waals surface area contributed by atoms with E-state index < -0.39 is 0 Å². The number of Topliss-reactive ketones (excluding diaryl/α,β-unsaturated/α-hetero) is 1. The van der Waals surface area contributed by atoms with E-state index in [0.717, 1.165) is 12.8 Å². The first-order valence-corrected chi connectivity index (χ1v) is 5.76. The molecule has 0 aliphatic carbocycles. The van der Waals surface area contributed by atoms with Crippen LogP contribution in [0.3, 0.4) is 0 Å². The van der Waals surface area contributed by atoms with E-state index in [9.17, 15) is 9.59 Å². The van der Waals surface area contributed by atoms with Gasteiger partial charge >= 0.3 is 37.7 Å². The molecule has 0 unspecified atom stereocenters. The number of rotatable bonds is 10. The Morgan fingerprint density at radius 3 is 2.07 bits per heavy atom. The molecule has 0 aliphatic heterocycles. The third-order valence-corrected chi connectivity index (χ3v) is 2.37. The topological polar surface area (TPSA) is 34.1 Å². The normalized spacial score (nSPS) is 9.40. The minimum atomic E-state index is 0. The van der Waals surface area contributed by atoms with Gasteiger partial charge in [0.2, 0.25) is 0 Å². The van der Waals surface area contributed by atoms with Crippen LogP contribution in [-0.4, -0.2) is 49.8 Å². The molecule has 0 radical (unpaired) electrons. The average molecular weight is 240 g/mol. The minimum absolute atomic E-state index is 0. The van der Waals surface area contributed by atoms with Crippen molar-refractivity contribution in [1.82, 2.24) is 0 Å². The van der Waals surface area contributed by atoms with Gasteiger partial charge < -0.3 is 4.79 Å². The van der Waals surface area contributed by atoms with Crippen LogP contribution in [-0.2, 0) is 9.59 Å². The summed E-state index contributed by atoms with van der Waals surface area (Å²) in [7, 11) is 0. The summed E-state index contributed by atoms with van der Waals surface area (Å²) >= 11 is 0. The Labute approximate surface area is 123 Å². The molecule has 0 saturated carbocycles. The molecule has 3 heteroatoms. The number of aldehydes is 1. The zero-order chi connectivity index (χ0) is 10.6. The zero-order valence-corrected chi connectivity index (χ0v) is 9.26. The number of hydrogen-bond donors (Lipinski definition) is 0. The van der Waals surface area contributed by atoms with Crippen LogP contribution in [0.5, 0.6) is 0 Å². The Bertz CT molecular complexity index is 158. The molecule has 2 nitrogen and oxygen atoms in total. The molecule has 0 fully saturated rings.